The van der Waals surface area contributed by atoms with E-state index in [1.54, 1.807) is 0 Å². The van der Waals surface area contributed by atoms with E-state index < -0.39 is 17.8 Å². The Morgan fingerprint density at radius 3 is 2.50 bits per heavy atom. The zero-order valence-electron chi connectivity index (χ0n) is 8.66. The van der Waals surface area contributed by atoms with Gasteiger partial charge in [-0.2, -0.15) is 0 Å². The Balaban J connectivity index is 1.77. The van der Waals surface area contributed by atoms with Crippen LogP contribution in [0.1, 0.15) is 18.4 Å². The molecule has 0 heterocycles. The third kappa shape index (κ3) is 2.56. The van der Waals surface area contributed by atoms with Crippen molar-refractivity contribution in [2.75, 3.05) is 0 Å². The largest absolute Gasteiger partial charge is 0.461 e. The number of esters is 1. The summed E-state index contributed by atoms with van der Waals surface area (Å²) in [6, 6.07) is 9.17. The summed E-state index contributed by atoms with van der Waals surface area (Å²) in [5, 5.41) is 0. The summed E-state index contributed by atoms with van der Waals surface area (Å²) in [6.45, 7) is 0.155. The lowest BCUT2D eigenvalue weighted by atomic mass is 9.81. The fourth-order valence-electron chi connectivity index (χ4n) is 1.67. The predicted octanol–water partition coefficient (Wildman–Crippen LogP) is 2.78. The molecule has 0 unspecified atom stereocenters. The molecule has 16 heavy (non-hydrogen) atoms. The lowest BCUT2D eigenvalue weighted by Crippen LogP contribution is -2.40. The van der Waals surface area contributed by atoms with E-state index in [2.05, 4.69) is 0 Å². The summed E-state index contributed by atoms with van der Waals surface area (Å²) in [7, 11) is 0. The van der Waals surface area contributed by atoms with Gasteiger partial charge in [0.05, 0.1) is 5.92 Å². The molecule has 0 spiro atoms. The molecular formula is C12H12F2O2. The van der Waals surface area contributed by atoms with Crippen molar-refractivity contribution in [3.63, 3.8) is 0 Å². The second-order valence-corrected chi connectivity index (χ2v) is 4.05. The molecule has 1 aromatic carbocycles. The van der Waals surface area contributed by atoms with Gasteiger partial charge in [0.25, 0.3) is 0 Å². The van der Waals surface area contributed by atoms with Crippen LogP contribution < -0.4 is 0 Å². The Bertz CT molecular complexity index is 368. The fourth-order valence-corrected chi connectivity index (χ4v) is 1.67. The van der Waals surface area contributed by atoms with Gasteiger partial charge in [-0.25, -0.2) is 8.78 Å². The molecule has 0 amide bonds. The summed E-state index contributed by atoms with van der Waals surface area (Å²) in [4.78, 5) is 11.3. The van der Waals surface area contributed by atoms with E-state index >= 15 is 0 Å². The molecule has 0 atom stereocenters. The number of halogens is 2. The van der Waals surface area contributed by atoms with Crippen molar-refractivity contribution in [3.05, 3.63) is 35.9 Å². The maximum Gasteiger partial charge on any atom is 0.309 e. The molecule has 1 aliphatic carbocycles. The van der Waals surface area contributed by atoms with E-state index in [1.807, 2.05) is 30.3 Å². The first-order valence-electron chi connectivity index (χ1n) is 5.15. The molecule has 0 saturated heterocycles. The number of carbonyl (C=O) groups is 1. The topological polar surface area (TPSA) is 26.3 Å². The van der Waals surface area contributed by atoms with Gasteiger partial charge in [0, 0.05) is 12.8 Å². The molecule has 1 aromatic rings. The van der Waals surface area contributed by atoms with Gasteiger partial charge in [-0.05, 0) is 5.56 Å². The Hall–Kier alpha value is -1.45. The quantitative estimate of drug-likeness (QED) is 0.741. The molecule has 0 aromatic heterocycles. The fraction of sp³-hybridized carbons (Fsp3) is 0.417. The average Bonchev–Trinajstić information content (AvgIpc) is 2.24. The second-order valence-electron chi connectivity index (χ2n) is 4.05. The van der Waals surface area contributed by atoms with Crippen LogP contribution in [-0.4, -0.2) is 11.9 Å². The van der Waals surface area contributed by atoms with Crippen molar-refractivity contribution < 1.29 is 18.3 Å². The molecule has 0 N–H and O–H groups in total. The third-order valence-electron chi connectivity index (χ3n) is 2.65. The minimum absolute atomic E-state index is 0.155. The first-order chi connectivity index (χ1) is 7.57. The molecule has 1 fully saturated rings. The van der Waals surface area contributed by atoms with Crippen molar-refractivity contribution >= 4 is 5.97 Å². The van der Waals surface area contributed by atoms with Crippen LogP contribution in [0.25, 0.3) is 0 Å². The third-order valence-corrected chi connectivity index (χ3v) is 2.65. The van der Waals surface area contributed by atoms with Crippen molar-refractivity contribution in [2.24, 2.45) is 5.92 Å². The van der Waals surface area contributed by atoms with Crippen molar-refractivity contribution in [1.29, 1.82) is 0 Å². The van der Waals surface area contributed by atoms with Crippen LogP contribution in [0.15, 0.2) is 30.3 Å². The Morgan fingerprint density at radius 1 is 1.31 bits per heavy atom. The lowest BCUT2D eigenvalue weighted by Gasteiger charge is -2.32. The van der Waals surface area contributed by atoms with Crippen LogP contribution in [0.2, 0.25) is 0 Å². The molecule has 1 saturated carbocycles. The first kappa shape index (κ1) is 11.0. The Kier molecular flexibility index (Phi) is 2.90. The number of ether oxygens (including phenoxy) is 1. The predicted molar refractivity (Wildman–Crippen MR) is 53.9 cm³/mol. The van der Waals surface area contributed by atoms with Crippen LogP contribution in [-0.2, 0) is 16.1 Å². The lowest BCUT2D eigenvalue weighted by molar-refractivity contribution is -0.173. The maximum absolute atomic E-state index is 12.5. The number of hydrogen-bond donors (Lipinski definition) is 0. The Morgan fingerprint density at radius 2 is 1.94 bits per heavy atom. The maximum atomic E-state index is 12.5. The smallest absolute Gasteiger partial charge is 0.309 e. The standard InChI is InChI=1S/C12H12F2O2/c13-12(14)6-10(7-12)11(15)16-8-9-4-2-1-3-5-9/h1-5,10H,6-8H2. The number of hydrogen-bond acceptors (Lipinski definition) is 2. The molecular weight excluding hydrogens is 214 g/mol. The van der Waals surface area contributed by atoms with Gasteiger partial charge < -0.3 is 4.74 Å². The number of benzene rings is 1. The zero-order valence-corrected chi connectivity index (χ0v) is 8.66. The van der Waals surface area contributed by atoms with Crippen molar-refractivity contribution in [1.82, 2.24) is 0 Å². The molecule has 2 rings (SSSR count). The van der Waals surface area contributed by atoms with Crippen LogP contribution >= 0.6 is 0 Å². The summed E-state index contributed by atoms with van der Waals surface area (Å²) in [6.07, 6.45) is -0.749. The molecule has 0 radical (unpaired) electrons. The van der Waals surface area contributed by atoms with Gasteiger partial charge in [-0.3, -0.25) is 4.79 Å². The van der Waals surface area contributed by atoms with E-state index in [0.717, 1.165) is 5.56 Å². The monoisotopic (exact) mass is 226 g/mol. The van der Waals surface area contributed by atoms with Gasteiger partial charge >= 0.3 is 5.97 Å². The van der Waals surface area contributed by atoms with Crippen molar-refractivity contribution in [3.8, 4) is 0 Å². The molecule has 4 heteroatoms. The SMILES string of the molecule is O=C(OCc1ccccc1)C1CC(F)(F)C1. The molecule has 0 aliphatic heterocycles. The summed E-state index contributed by atoms with van der Waals surface area (Å²) >= 11 is 0. The zero-order chi connectivity index (χ0) is 11.6. The van der Waals surface area contributed by atoms with Crippen LogP contribution in [0.5, 0.6) is 0 Å². The van der Waals surface area contributed by atoms with E-state index in [1.165, 1.54) is 0 Å². The average molecular weight is 226 g/mol. The van der Waals surface area contributed by atoms with Crippen molar-refractivity contribution in [2.45, 2.75) is 25.4 Å². The van der Waals surface area contributed by atoms with Gasteiger partial charge in [-0.15, -0.1) is 0 Å². The molecule has 0 bridgehead atoms. The normalized spacial score (nSPS) is 18.9. The molecule has 1 aliphatic rings. The number of alkyl halides is 2. The highest BCUT2D eigenvalue weighted by molar-refractivity contribution is 5.73. The Labute approximate surface area is 92.2 Å². The van der Waals surface area contributed by atoms with E-state index in [4.69, 9.17) is 4.74 Å². The summed E-state index contributed by atoms with van der Waals surface area (Å²) in [5.41, 5.74) is 0.863. The molecule has 2 nitrogen and oxygen atoms in total. The minimum atomic E-state index is -2.67. The van der Waals surface area contributed by atoms with Crippen LogP contribution in [0, 0.1) is 5.92 Å². The highest BCUT2D eigenvalue weighted by Crippen LogP contribution is 2.42. The van der Waals surface area contributed by atoms with Gasteiger partial charge in [0.2, 0.25) is 5.92 Å². The highest BCUT2D eigenvalue weighted by atomic mass is 19.3. The summed E-state index contributed by atoms with van der Waals surface area (Å²) < 4.78 is 30.0. The van der Waals surface area contributed by atoms with Gasteiger partial charge in [0.1, 0.15) is 6.61 Å². The number of rotatable bonds is 3. The van der Waals surface area contributed by atoms with Crippen LogP contribution in [0.3, 0.4) is 0 Å². The first-order valence-corrected chi connectivity index (χ1v) is 5.15. The number of carbonyl (C=O) groups excluding carboxylic acids is 1. The van der Waals surface area contributed by atoms with Gasteiger partial charge in [0.15, 0.2) is 0 Å². The minimum Gasteiger partial charge on any atom is -0.461 e. The van der Waals surface area contributed by atoms with Crippen LogP contribution in [0.4, 0.5) is 8.78 Å². The van der Waals surface area contributed by atoms with E-state index in [-0.39, 0.29) is 19.4 Å². The van der Waals surface area contributed by atoms with E-state index in [0.29, 0.717) is 0 Å². The summed E-state index contributed by atoms with van der Waals surface area (Å²) in [5.74, 6) is -3.82. The molecule has 86 valence electrons. The van der Waals surface area contributed by atoms with E-state index in [9.17, 15) is 13.6 Å². The highest BCUT2D eigenvalue weighted by Gasteiger charge is 2.49. The van der Waals surface area contributed by atoms with Gasteiger partial charge in [-0.1, -0.05) is 30.3 Å². The second kappa shape index (κ2) is 4.20.